The molecule has 18 heavy (non-hydrogen) atoms. The van der Waals surface area contributed by atoms with Crippen LogP contribution in [0.25, 0.3) is 0 Å². The molecule has 100 valence electrons. The Morgan fingerprint density at radius 2 is 2.06 bits per heavy atom. The van der Waals surface area contributed by atoms with Crippen LogP contribution in [0.15, 0.2) is 5.10 Å². The van der Waals surface area contributed by atoms with Crippen LogP contribution in [0.4, 0.5) is 0 Å². The van der Waals surface area contributed by atoms with Crippen molar-refractivity contribution in [1.82, 2.24) is 10.7 Å². The van der Waals surface area contributed by atoms with Crippen molar-refractivity contribution in [3.05, 3.63) is 0 Å². The molecule has 2 atom stereocenters. The van der Waals surface area contributed by atoms with Gasteiger partial charge in [0, 0.05) is 12.3 Å². The van der Waals surface area contributed by atoms with E-state index in [0.29, 0.717) is 0 Å². The third-order valence-corrected chi connectivity index (χ3v) is 3.52. The summed E-state index contributed by atoms with van der Waals surface area (Å²) in [7, 11) is 1.31. The Kier molecular flexibility index (Phi) is 4.17. The van der Waals surface area contributed by atoms with Crippen LogP contribution in [-0.4, -0.2) is 37.3 Å². The molecule has 1 heterocycles. The van der Waals surface area contributed by atoms with Gasteiger partial charge in [0.25, 0.3) is 0 Å². The number of carbonyl (C=O) groups is 2. The van der Waals surface area contributed by atoms with E-state index in [2.05, 4.69) is 20.6 Å². The van der Waals surface area contributed by atoms with Crippen LogP contribution >= 0.6 is 0 Å². The number of nitrogens with one attached hydrogen (secondary N) is 2. The molecule has 1 amide bonds. The maximum absolute atomic E-state index is 12.1. The number of amides is 1. The number of carbonyl (C=O) groups excluding carboxylic acids is 2. The number of nitrogens with zero attached hydrogens (tertiary/aromatic N) is 1. The van der Waals surface area contributed by atoms with Gasteiger partial charge in [-0.15, -0.1) is 0 Å². The molecule has 2 rings (SSSR count). The molecule has 6 heteroatoms. The number of esters is 1. The lowest BCUT2D eigenvalue weighted by molar-refractivity contribution is -0.145. The summed E-state index contributed by atoms with van der Waals surface area (Å²) in [5, 5.41) is 6.77. The Morgan fingerprint density at radius 3 is 2.72 bits per heavy atom. The molecule has 1 aliphatic heterocycles. The second-order valence-corrected chi connectivity index (χ2v) is 4.78. The Labute approximate surface area is 106 Å². The van der Waals surface area contributed by atoms with Crippen LogP contribution in [0, 0.1) is 5.92 Å². The minimum absolute atomic E-state index is 0.171. The van der Waals surface area contributed by atoms with Gasteiger partial charge < -0.3 is 10.1 Å². The topological polar surface area (TPSA) is 79.8 Å². The average molecular weight is 253 g/mol. The zero-order valence-corrected chi connectivity index (χ0v) is 10.5. The minimum atomic E-state index is -0.639. The number of hydrogen-bond donors (Lipinski definition) is 2. The molecule has 0 bridgehead atoms. The zero-order valence-electron chi connectivity index (χ0n) is 10.5. The van der Waals surface area contributed by atoms with E-state index >= 15 is 0 Å². The van der Waals surface area contributed by atoms with Crippen molar-refractivity contribution < 1.29 is 14.3 Å². The van der Waals surface area contributed by atoms with Crippen LogP contribution in [-0.2, 0) is 14.3 Å². The van der Waals surface area contributed by atoms with E-state index in [1.807, 2.05) is 0 Å². The Hall–Kier alpha value is -1.59. The fraction of sp³-hybridized carbons (Fsp3) is 0.750. The smallest absolute Gasteiger partial charge is 0.316 e. The van der Waals surface area contributed by atoms with Gasteiger partial charge in [0.2, 0.25) is 5.91 Å². The highest BCUT2D eigenvalue weighted by Gasteiger charge is 2.37. The molecule has 2 aliphatic rings. The number of methoxy groups -OCH3 is 1. The third kappa shape index (κ3) is 2.80. The monoisotopic (exact) mass is 253 g/mol. The predicted octanol–water partition coefficient (Wildman–Crippen LogP) is 0.182. The van der Waals surface area contributed by atoms with Gasteiger partial charge in [-0.1, -0.05) is 19.3 Å². The summed E-state index contributed by atoms with van der Waals surface area (Å²) in [6.45, 7) is 0. The second-order valence-electron chi connectivity index (χ2n) is 4.78. The summed E-state index contributed by atoms with van der Waals surface area (Å²) in [6.07, 6.45) is 7.00. The van der Waals surface area contributed by atoms with Crippen molar-refractivity contribution >= 4 is 18.1 Å². The molecule has 0 radical (unpaired) electrons. The van der Waals surface area contributed by atoms with Crippen molar-refractivity contribution in [2.75, 3.05) is 7.11 Å². The molecule has 1 aliphatic carbocycles. The van der Waals surface area contributed by atoms with Crippen LogP contribution in [0.1, 0.15) is 32.1 Å². The van der Waals surface area contributed by atoms with Crippen molar-refractivity contribution in [2.24, 2.45) is 11.0 Å². The molecule has 0 saturated heterocycles. The predicted molar refractivity (Wildman–Crippen MR) is 65.9 cm³/mol. The van der Waals surface area contributed by atoms with Crippen molar-refractivity contribution in [2.45, 2.75) is 44.2 Å². The molecule has 1 fully saturated rings. The van der Waals surface area contributed by atoms with Crippen LogP contribution in [0.3, 0.4) is 0 Å². The summed E-state index contributed by atoms with van der Waals surface area (Å²) >= 11 is 0. The first-order chi connectivity index (χ1) is 8.72. The summed E-state index contributed by atoms with van der Waals surface area (Å²) in [4.78, 5) is 23.6. The fourth-order valence-electron chi connectivity index (χ4n) is 2.46. The molecule has 2 N–H and O–H groups in total. The van der Waals surface area contributed by atoms with E-state index in [0.717, 1.165) is 25.7 Å². The van der Waals surface area contributed by atoms with E-state index < -0.39 is 17.9 Å². The van der Waals surface area contributed by atoms with Crippen molar-refractivity contribution in [3.8, 4) is 0 Å². The van der Waals surface area contributed by atoms with Gasteiger partial charge in [-0.05, 0) is 12.8 Å². The van der Waals surface area contributed by atoms with Gasteiger partial charge in [-0.3, -0.25) is 15.0 Å². The molecule has 0 spiro atoms. The summed E-state index contributed by atoms with van der Waals surface area (Å²) in [5.41, 5.74) is 2.67. The highest BCUT2D eigenvalue weighted by atomic mass is 16.5. The number of hydrogen-bond acceptors (Lipinski definition) is 5. The maximum Gasteiger partial charge on any atom is 0.316 e. The van der Waals surface area contributed by atoms with E-state index in [1.54, 1.807) is 0 Å². The van der Waals surface area contributed by atoms with E-state index in [-0.39, 0.29) is 11.9 Å². The SMILES string of the molecule is COC(=O)C1C=NNC1C(=O)NC1CCCCC1. The van der Waals surface area contributed by atoms with Gasteiger partial charge in [0.05, 0.1) is 7.11 Å². The molecule has 1 saturated carbocycles. The molecule has 2 unspecified atom stereocenters. The van der Waals surface area contributed by atoms with E-state index in [4.69, 9.17) is 0 Å². The van der Waals surface area contributed by atoms with Gasteiger partial charge in [0.1, 0.15) is 12.0 Å². The Bertz CT molecular complexity index is 350. The van der Waals surface area contributed by atoms with Gasteiger partial charge in [-0.2, -0.15) is 5.10 Å². The second kappa shape index (κ2) is 5.84. The Morgan fingerprint density at radius 1 is 1.33 bits per heavy atom. The first kappa shape index (κ1) is 12.9. The lowest BCUT2D eigenvalue weighted by Gasteiger charge is -2.25. The quantitative estimate of drug-likeness (QED) is 0.703. The highest BCUT2D eigenvalue weighted by Crippen LogP contribution is 2.18. The Balaban J connectivity index is 1.90. The average Bonchev–Trinajstić information content (AvgIpc) is 2.88. The minimum Gasteiger partial charge on any atom is -0.468 e. The summed E-state index contributed by atoms with van der Waals surface area (Å²) < 4.78 is 4.65. The van der Waals surface area contributed by atoms with Crippen molar-refractivity contribution in [1.29, 1.82) is 0 Å². The molecule has 0 aromatic heterocycles. The molecule has 6 nitrogen and oxygen atoms in total. The van der Waals surface area contributed by atoms with Crippen molar-refractivity contribution in [3.63, 3.8) is 0 Å². The first-order valence-corrected chi connectivity index (χ1v) is 6.39. The first-order valence-electron chi connectivity index (χ1n) is 6.39. The highest BCUT2D eigenvalue weighted by molar-refractivity contribution is 5.99. The van der Waals surface area contributed by atoms with E-state index in [9.17, 15) is 9.59 Å². The van der Waals surface area contributed by atoms with Gasteiger partial charge >= 0.3 is 5.97 Å². The summed E-state index contributed by atoms with van der Waals surface area (Å²) in [5.74, 6) is -1.24. The van der Waals surface area contributed by atoms with Crippen LogP contribution in [0.5, 0.6) is 0 Å². The molecular weight excluding hydrogens is 234 g/mol. The lowest BCUT2D eigenvalue weighted by Crippen LogP contribution is -2.50. The van der Waals surface area contributed by atoms with Gasteiger partial charge in [0.15, 0.2) is 0 Å². The third-order valence-electron chi connectivity index (χ3n) is 3.52. The van der Waals surface area contributed by atoms with Crippen LogP contribution in [0.2, 0.25) is 0 Å². The van der Waals surface area contributed by atoms with E-state index in [1.165, 1.54) is 19.7 Å². The normalized spacial score (nSPS) is 27.6. The fourth-order valence-corrected chi connectivity index (χ4v) is 2.46. The number of ether oxygens (including phenoxy) is 1. The zero-order chi connectivity index (χ0) is 13.0. The maximum atomic E-state index is 12.1. The largest absolute Gasteiger partial charge is 0.468 e. The molecule has 0 aromatic carbocycles. The van der Waals surface area contributed by atoms with Gasteiger partial charge in [-0.25, -0.2) is 0 Å². The number of rotatable bonds is 3. The lowest BCUT2D eigenvalue weighted by atomic mass is 9.94. The number of hydrazone groups is 1. The molecule has 0 aromatic rings. The molecular formula is C12H19N3O3. The summed E-state index contributed by atoms with van der Waals surface area (Å²) in [6, 6.07) is -0.411. The van der Waals surface area contributed by atoms with Crippen LogP contribution < -0.4 is 10.7 Å². The standard InChI is InChI=1S/C12H19N3O3/c1-18-12(17)9-7-13-15-10(9)11(16)14-8-5-3-2-4-6-8/h7-10,15H,2-6H2,1H3,(H,14,16).